The third kappa shape index (κ3) is 2.34. The molecule has 11 heteroatoms. The molecular weight excluding hydrogens is 310 g/mol. The molecule has 4 N–H and O–H groups in total. The van der Waals surface area contributed by atoms with Crippen LogP contribution in [0.4, 0.5) is 11.4 Å². The highest BCUT2D eigenvalue weighted by molar-refractivity contribution is 7.90. The second-order valence-electron chi connectivity index (χ2n) is 4.05. The Morgan fingerprint density at radius 1 is 1.35 bits per heavy atom. The summed E-state index contributed by atoms with van der Waals surface area (Å²) in [5.41, 5.74) is 5.96. The van der Waals surface area contributed by atoms with Gasteiger partial charge in [0, 0.05) is 18.2 Å². The van der Waals surface area contributed by atoms with E-state index in [1.165, 1.54) is 13.8 Å². The Labute approximate surface area is 116 Å². The largest absolute Gasteiger partial charge is 0.501 e. The summed E-state index contributed by atoms with van der Waals surface area (Å²) in [7, 11) is -8.45. The van der Waals surface area contributed by atoms with Crippen LogP contribution >= 0.6 is 0 Å². The lowest BCUT2D eigenvalue weighted by Crippen LogP contribution is -2.36. The van der Waals surface area contributed by atoms with E-state index in [-0.39, 0.29) is 35.0 Å². The first-order valence-corrected chi connectivity index (χ1v) is 8.28. The number of hydrogen-bond acceptors (Lipinski definition) is 7. The number of hydrogen-bond donors (Lipinski definition) is 2. The maximum atomic E-state index is 11.5. The Kier molecular flexibility index (Phi) is 3.23. The molecule has 0 saturated heterocycles. The van der Waals surface area contributed by atoms with E-state index in [9.17, 15) is 16.8 Å². The minimum Gasteiger partial charge on any atom is -0.395 e. The summed E-state index contributed by atoms with van der Waals surface area (Å²) in [6, 6.07) is 1.16. The average molecular weight is 323 g/mol. The molecule has 112 valence electrons. The lowest BCUT2D eigenvalue weighted by molar-refractivity contribution is 0.400. The smallest absolute Gasteiger partial charge is 0.395 e. The van der Waals surface area contributed by atoms with Gasteiger partial charge < -0.3 is 14.1 Å². The van der Waals surface area contributed by atoms with Crippen molar-refractivity contribution < 1.29 is 25.2 Å². The summed E-state index contributed by atoms with van der Waals surface area (Å²) in [5.74, 6) is -0.430. The van der Waals surface area contributed by atoms with Crippen LogP contribution in [0.15, 0.2) is 6.07 Å². The average Bonchev–Trinajstić information content (AvgIpc) is 2.46. The number of nitrogen functional groups attached to an aromatic ring is 1. The van der Waals surface area contributed by atoms with Crippen LogP contribution in [0.25, 0.3) is 0 Å². The Morgan fingerprint density at radius 3 is 2.45 bits per heavy atom. The van der Waals surface area contributed by atoms with E-state index in [1.54, 1.807) is 0 Å². The zero-order valence-corrected chi connectivity index (χ0v) is 12.3. The van der Waals surface area contributed by atoms with E-state index >= 15 is 0 Å². The highest BCUT2D eigenvalue weighted by Gasteiger charge is 2.33. The molecule has 1 aromatic rings. The molecule has 2 heterocycles. The van der Waals surface area contributed by atoms with Gasteiger partial charge in [-0.1, -0.05) is 0 Å². The van der Waals surface area contributed by atoms with Crippen molar-refractivity contribution in [2.45, 2.75) is 13.8 Å². The fraction of sp³-hybridized carbons (Fsp3) is 0.333. The Hall–Kier alpha value is -1.72. The first-order valence-electron chi connectivity index (χ1n) is 5.44. The van der Waals surface area contributed by atoms with Gasteiger partial charge in [-0.3, -0.25) is 4.31 Å². The maximum Gasteiger partial charge on any atom is 0.501 e. The van der Waals surface area contributed by atoms with Crippen LogP contribution in [0.2, 0.25) is 0 Å². The molecule has 0 amide bonds. The molecule has 9 nitrogen and oxygen atoms in total. The lowest BCUT2D eigenvalue weighted by atomic mass is 10.1. The molecular formula is C9H13N3O6S2. The van der Waals surface area contributed by atoms with Crippen molar-refractivity contribution in [3.05, 3.63) is 11.6 Å². The molecule has 0 fully saturated rings. The second kappa shape index (κ2) is 4.40. The Bertz CT molecular complexity index is 771. The van der Waals surface area contributed by atoms with E-state index in [0.717, 1.165) is 10.4 Å². The van der Waals surface area contributed by atoms with Crippen molar-refractivity contribution in [2.24, 2.45) is 5.14 Å². The minimum absolute atomic E-state index is 0.0158. The van der Waals surface area contributed by atoms with E-state index in [4.69, 9.17) is 15.1 Å². The van der Waals surface area contributed by atoms with Crippen molar-refractivity contribution in [2.75, 3.05) is 16.6 Å². The van der Waals surface area contributed by atoms with Crippen LogP contribution in [0.3, 0.4) is 0 Å². The van der Waals surface area contributed by atoms with Gasteiger partial charge in [0.25, 0.3) is 10.2 Å². The van der Waals surface area contributed by atoms with Gasteiger partial charge in [0.05, 0.1) is 5.69 Å². The highest BCUT2D eigenvalue weighted by Crippen LogP contribution is 2.45. The number of anilines is 2. The summed E-state index contributed by atoms with van der Waals surface area (Å²) in [6.07, 6.45) is 0. The number of fused-ring (bicyclic) bond motifs is 4. The molecule has 2 aliphatic rings. The zero-order chi connectivity index (χ0) is 15.3. The van der Waals surface area contributed by atoms with Crippen molar-refractivity contribution >= 4 is 32.0 Å². The van der Waals surface area contributed by atoms with Gasteiger partial charge in [-0.05, 0) is 13.8 Å². The monoisotopic (exact) mass is 323 g/mol. The van der Waals surface area contributed by atoms with Gasteiger partial charge in [-0.2, -0.15) is 8.42 Å². The van der Waals surface area contributed by atoms with Gasteiger partial charge in [0.15, 0.2) is 11.5 Å². The summed E-state index contributed by atoms with van der Waals surface area (Å²) in [6.45, 7) is 3.00. The summed E-state index contributed by atoms with van der Waals surface area (Å²) in [4.78, 5) is 0. The number of nitrogens with two attached hydrogens (primary N) is 2. The number of benzene rings is 1. The minimum atomic E-state index is -4.35. The van der Waals surface area contributed by atoms with Crippen LogP contribution < -0.4 is 23.5 Å². The van der Waals surface area contributed by atoms with Crippen LogP contribution in [0.1, 0.15) is 12.5 Å². The number of rotatable bonds is 3. The highest BCUT2D eigenvalue weighted by atomic mass is 32.3. The zero-order valence-electron chi connectivity index (χ0n) is 10.7. The summed E-state index contributed by atoms with van der Waals surface area (Å²) < 4.78 is 56.3. The van der Waals surface area contributed by atoms with Crippen molar-refractivity contribution in [1.29, 1.82) is 0 Å². The molecule has 1 aromatic carbocycles. The molecule has 20 heavy (non-hydrogen) atoms. The van der Waals surface area contributed by atoms with Crippen LogP contribution in [0.5, 0.6) is 11.5 Å². The topological polar surface area (TPSA) is 142 Å². The van der Waals surface area contributed by atoms with Gasteiger partial charge in [-0.15, -0.1) is 8.42 Å². The molecule has 0 spiro atoms. The summed E-state index contributed by atoms with van der Waals surface area (Å²) in [5, 5.41) is 5.09. The van der Waals surface area contributed by atoms with Gasteiger partial charge in [0.1, 0.15) is 5.69 Å². The molecule has 2 aliphatic heterocycles. The van der Waals surface area contributed by atoms with E-state index in [0.29, 0.717) is 0 Å². The fourth-order valence-electron chi connectivity index (χ4n) is 1.84. The van der Waals surface area contributed by atoms with Crippen molar-refractivity contribution in [1.82, 2.24) is 0 Å². The quantitative estimate of drug-likeness (QED) is 0.722. The van der Waals surface area contributed by atoms with Crippen LogP contribution in [-0.2, 0) is 20.6 Å². The van der Waals surface area contributed by atoms with E-state index in [2.05, 4.69) is 4.18 Å². The van der Waals surface area contributed by atoms with Crippen LogP contribution in [0, 0.1) is 6.92 Å². The van der Waals surface area contributed by atoms with E-state index in [1.807, 2.05) is 0 Å². The second-order valence-corrected chi connectivity index (χ2v) is 6.67. The Morgan fingerprint density at radius 2 is 1.95 bits per heavy atom. The van der Waals surface area contributed by atoms with E-state index < -0.39 is 20.6 Å². The number of nitrogens with zero attached hydrogens (tertiary/aromatic N) is 1. The molecule has 0 aromatic heterocycles. The molecule has 0 saturated carbocycles. The standard InChI is InChI=1S/C9H13N3O6S2/c1-3-12(19(11,13)14)6-4-7-8(10)5(2)9(6)18-20(15,16)17-7/h4H,3,10H2,1-2H3,(H2,11,13,14). The SMILES string of the molecule is CCN(c1cc2c(N)c(C)c1OS(=O)(=O)O2)S(N)(=O)=O. The molecule has 0 atom stereocenters. The van der Waals surface area contributed by atoms with Gasteiger partial charge >= 0.3 is 10.4 Å². The molecule has 0 unspecified atom stereocenters. The molecule has 0 aliphatic carbocycles. The van der Waals surface area contributed by atoms with Gasteiger partial charge in [-0.25, -0.2) is 5.14 Å². The summed E-state index contributed by atoms with van der Waals surface area (Å²) >= 11 is 0. The van der Waals surface area contributed by atoms with Gasteiger partial charge in [0.2, 0.25) is 0 Å². The predicted octanol–water partition coefficient (Wildman–Crippen LogP) is -0.377. The van der Waals surface area contributed by atoms with Crippen LogP contribution in [-0.4, -0.2) is 23.4 Å². The maximum absolute atomic E-state index is 11.5. The van der Waals surface area contributed by atoms with Crippen molar-refractivity contribution in [3.8, 4) is 11.5 Å². The first-order chi connectivity index (χ1) is 9.07. The third-order valence-electron chi connectivity index (χ3n) is 2.75. The Balaban J connectivity index is 2.78. The molecule has 2 bridgehead atoms. The van der Waals surface area contributed by atoms with Crippen molar-refractivity contribution in [3.63, 3.8) is 0 Å². The predicted molar refractivity (Wildman–Crippen MR) is 71.9 cm³/mol. The lowest BCUT2D eigenvalue weighted by Gasteiger charge is -2.22. The fourth-order valence-corrected chi connectivity index (χ4v) is 3.42. The normalized spacial score (nSPS) is 16.1. The molecule has 3 rings (SSSR count). The first kappa shape index (κ1) is 14.7. The molecule has 0 radical (unpaired) electrons. The third-order valence-corrected chi connectivity index (χ3v) is 4.57.